The first kappa shape index (κ1) is 45.6. The van der Waals surface area contributed by atoms with Crippen LogP contribution in [0.25, 0.3) is 63.7 Å². The first-order valence-corrected chi connectivity index (χ1v) is 25.7. The van der Waals surface area contributed by atoms with Crippen molar-refractivity contribution in [2.45, 2.75) is 105 Å². The van der Waals surface area contributed by atoms with Crippen molar-refractivity contribution in [1.82, 2.24) is 0 Å². The van der Waals surface area contributed by atoms with E-state index in [0.29, 0.717) is 0 Å². The number of rotatable bonds is 6. The molecule has 4 heteroatoms. The molecule has 11 aromatic rings. The number of furan rings is 1. The maximum atomic E-state index is 6.77. The summed E-state index contributed by atoms with van der Waals surface area (Å²) in [5.41, 5.74) is 14.2. The fourth-order valence-electron chi connectivity index (χ4n) is 10.2. The van der Waals surface area contributed by atoms with Crippen molar-refractivity contribution in [3.8, 4) is 0 Å². The monoisotopic (exact) mass is 932 g/mol. The van der Waals surface area contributed by atoms with Crippen LogP contribution in [0.1, 0.15) is 105 Å². The zero-order chi connectivity index (χ0) is 49.1. The van der Waals surface area contributed by atoms with Crippen molar-refractivity contribution >= 4 is 109 Å². The fraction of sp³-hybridized carbons (Fsp3) is 0.242. The van der Waals surface area contributed by atoms with Crippen molar-refractivity contribution in [2.24, 2.45) is 0 Å². The van der Waals surface area contributed by atoms with Crippen LogP contribution in [0.4, 0.5) is 34.1 Å². The average Bonchev–Trinajstić information content (AvgIpc) is 3.86. The van der Waals surface area contributed by atoms with Gasteiger partial charge in [0.15, 0.2) is 0 Å². The molecule has 0 fully saturated rings. The van der Waals surface area contributed by atoms with Gasteiger partial charge in [0.25, 0.3) is 0 Å². The van der Waals surface area contributed by atoms with Crippen LogP contribution >= 0.6 is 11.3 Å². The number of benzene rings is 9. The van der Waals surface area contributed by atoms with Gasteiger partial charge in [0.05, 0.1) is 0 Å². The first-order chi connectivity index (χ1) is 33.2. The standard InChI is InChI=1S/C66H64N2OS/c1-63(2,3)45-15-25-49(26-16-45)67(50-27-17-46(18-28-50)64(4,5)6)53-24-14-42-38-57-59(39-43(42)35-53)69-58-34-33-55-56-37-41-13-23-54(36-44(41)40-60(56)70-62(55)61(57)58)68(51-29-19-47(20-30-51)65(7,8)9)52-31-21-48(22-32-52)66(10,11)12/h13-40H,1-12H3. The highest BCUT2D eigenvalue weighted by molar-refractivity contribution is 7.26. The molecule has 0 N–H and O–H groups in total. The lowest BCUT2D eigenvalue weighted by Crippen LogP contribution is -2.14. The van der Waals surface area contributed by atoms with Gasteiger partial charge in [0.2, 0.25) is 0 Å². The normalized spacial score (nSPS) is 12.9. The highest BCUT2D eigenvalue weighted by Gasteiger charge is 2.23. The lowest BCUT2D eigenvalue weighted by molar-refractivity contribution is 0.590. The van der Waals surface area contributed by atoms with Gasteiger partial charge in [-0.3, -0.25) is 0 Å². The van der Waals surface area contributed by atoms with Crippen LogP contribution in [0.15, 0.2) is 174 Å². The minimum atomic E-state index is 0.0704. The Labute approximate surface area is 418 Å². The number of fused-ring (bicyclic) bond motifs is 9. The Bertz CT molecular complexity index is 3650. The molecule has 3 nitrogen and oxygen atoms in total. The van der Waals surface area contributed by atoms with Crippen LogP contribution in [0, 0.1) is 0 Å². The summed E-state index contributed by atoms with van der Waals surface area (Å²) in [5, 5.41) is 9.66. The second-order valence-electron chi connectivity index (χ2n) is 23.6. The number of thiophene rings is 1. The van der Waals surface area contributed by atoms with Crippen LogP contribution in [-0.2, 0) is 21.7 Å². The molecule has 0 saturated carbocycles. The van der Waals surface area contributed by atoms with Crippen molar-refractivity contribution in [3.05, 3.63) is 192 Å². The van der Waals surface area contributed by atoms with E-state index < -0.39 is 0 Å². The molecular formula is C66H64N2OS. The number of hydrogen-bond donors (Lipinski definition) is 0. The quantitative estimate of drug-likeness (QED) is 0.166. The van der Waals surface area contributed by atoms with Gasteiger partial charge in [0.1, 0.15) is 11.2 Å². The molecule has 0 radical (unpaired) electrons. The molecule has 0 unspecified atom stereocenters. The molecule has 9 aromatic carbocycles. The second-order valence-corrected chi connectivity index (χ2v) is 24.7. The Morgan fingerprint density at radius 3 is 1.09 bits per heavy atom. The highest BCUT2D eigenvalue weighted by Crippen LogP contribution is 2.46. The maximum Gasteiger partial charge on any atom is 0.136 e. The van der Waals surface area contributed by atoms with Crippen LogP contribution < -0.4 is 9.80 Å². The summed E-state index contributed by atoms with van der Waals surface area (Å²) < 4.78 is 9.30. The van der Waals surface area contributed by atoms with Gasteiger partial charge in [0, 0.05) is 65.1 Å². The Balaban J connectivity index is 1.000. The van der Waals surface area contributed by atoms with Crippen LogP contribution in [0.5, 0.6) is 0 Å². The molecule has 0 atom stereocenters. The molecule has 0 bridgehead atoms. The average molecular weight is 933 g/mol. The summed E-state index contributed by atoms with van der Waals surface area (Å²) in [7, 11) is 0. The van der Waals surface area contributed by atoms with E-state index in [0.717, 1.165) is 56.1 Å². The second kappa shape index (κ2) is 16.4. The van der Waals surface area contributed by atoms with E-state index in [-0.39, 0.29) is 21.7 Å². The smallest absolute Gasteiger partial charge is 0.136 e. The molecule has 0 amide bonds. The van der Waals surface area contributed by atoms with Crippen molar-refractivity contribution < 1.29 is 4.42 Å². The van der Waals surface area contributed by atoms with Gasteiger partial charge < -0.3 is 14.2 Å². The summed E-state index contributed by atoms with van der Waals surface area (Å²) in [4.78, 5) is 4.77. The summed E-state index contributed by atoms with van der Waals surface area (Å²) in [6.45, 7) is 27.3. The number of nitrogens with zero attached hydrogens (tertiary/aromatic N) is 2. The molecular weight excluding hydrogens is 869 g/mol. The number of hydrogen-bond acceptors (Lipinski definition) is 4. The summed E-state index contributed by atoms with van der Waals surface area (Å²) >= 11 is 1.87. The zero-order valence-corrected chi connectivity index (χ0v) is 43.7. The Morgan fingerprint density at radius 1 is 0.314 bits per heavy atom. The molecule has 0 aliphatic rings. The molecule has 0 saturated heterocycles. The maximum absolute atomic E-state index is 6.77. The first-order valence-electron chi connectivity index (χ1n) is 24.9. The van der Waals surface area contributed by atoms with E-state index in [4.69, 9.17) is 4.42 Å². The minimum absolute atomic E-state index is 0.0704. The lowest BCUT2D eigenvalue weighted by atomic mass is 9.86. The van der Waals surface area contributed by atoms with Crippen LogP contribution in [0.3, 0.4) is 0 Å². The molecule has 2 heterocycles. The predicted octanol–water partition coefficient (Wildman–Crippen LogP) is 20.4. The van der Waals surface area contributed by atoms with E-state index in [9.17, 15) is 0 Å². The van der Waals surface area contributed by atoms with Gasteiger partial charge in [-0.25, -0.2) is 0 Å². The van der Waals surface area contributed by atoms with E-state index in [2.05, 4.69) is 263 Å². The van der Waals surface area contributed by atoms with Gasteiger partial charge >= 0.3 is 0 Å². The molecule has 0 spiro atoms. The van der Waals surface area contributed by atoms with Gasteiger partial charge in [-0.05, 0) is 175 Å². The van der Waals surface area contributed by atoms with Gasteiger partial charge in [-0.2, -0.15) is 0 Å². The summed E-state index contributed by atoms with van der Waals surface area (Å²) in [6.07, 6.45) is 0. The third kappa shape index (κ3) is 8.20. The Hall–Kier alpha value is -6.88. The third-order valence-corrected chi connectivity index (χ3v) is 15.6. The summed E-state index contributed by atoms with van der Waals surface area (Å²) in [6, 6.07) is 63.9. The topological polar surface area (TPSA) is 19.6 Å². The fourth-order valence-corrected chi connectivity index (χ4v) is 11.5. The summed E-state index contributed by atoms with van der Waals surface area (Å²) in [5.74, 6) is 0. The molecule has 0 aliphatic heterocycles. The lowest BCUT2D eigenvalue weighted by Gasteiger charge is -2.28. The molecule has 2 aromatic heterocycles. The Morgan fingerprint density at radius 2 is 0.686 bits per heavy atom. The zero-order valence-electron chi connectivity index (χ0n) is 42.9. The molecule has 11 rings (SSSR count). The van der Waals surface area contributed by atoms with Crippen LogP contribution in [0.2, 0.25) is 0 Å². The number of anilines is 6. The molecule has 70 heavy (non-hydrogen) atoms. The molecule has 350 valence electrons. The predicted molar refractivity (Wildman–Crippen MR) is 306 cm³/mol. The minimum Gasteiger partial charge on any atom is -0.456 e. The largest absolute Gasteiger partial charge is 0.456 e. The van der Waals surface area contributed by atoms with Crippen molar-refractivity contribution in [1.29, 1.82) is 0 Å². The Kier molecular flexibility index (Phi) is 10.6. The van der Waals surface area contributed by atoms with E-state index in [1.807, 2.05) is 11.3 Å². The van der Waals surface area contributed by atoms with E-state index >= 15 is 0 Å². The third-order valence-electron chi connectivity index (χ3n) is 14.4. The van der Waals surface area contributed by atoms with Gasteiger partial charge in [-0.15, -0.1) is 11.3 Å². The van der Waals surface area contributed by atoms with E-state index in [1.54, 1.807) is 0 Å². The van der Waals surface area contributed by atoms with E-state index in [1.165, 1.54) is 64.0 Å². The van der Waals surface area contributed by atoms with Crippen molar-refractivity contribution in [2.75, 3.05) is 9.80 Å². The molecule has 0 aliphatic carbocycles. The van der Waals surface area contributed by atoms with Crippen LogP contribution in [-0.4, -0.2) is 0 Å². The highest BCUT2D eigenvalue weighted by atomic mass is 32.1. The SMILES string of the molecule is CC(C)(C)c1ccc(N(c2ccc(C(C)(C)C)cc2)c2ccc3cc4c(cc3c2)oc2ccc3c5cc6ccc(N(c7ccc(C(C)(C)C)cc7)c7ccc(C(C)(C)C)cc7)cc6cc5sc3c24)cc1. The van der Waals surface area contributed by atoms with Crippen molar-refractivity contribution in [3.63, 3.8) is 0 Å². The van der Waals surface area contributed by atoms with Gasteiger partial charge in [-0.1, -0.05) is 144 Å².